The number of hydrogen-bond donors (Lipinski definition) is 3. The molecule has 5 unspecified atom stereocenters. The number of unbranched alkanes of at least 4 members (excludes halogenated alkanes) is 26. The maximum absolute atomic E-state index is 13.1. The topological polar surface area (TPSA) is 237 Å². The number of allylic oxidation sites excluding steroid dienone is 24. The van der Waals surface area contributed by atoms with E-state index >= 15 is 0 Å². The van der Waals surface area contributed by atoms with E-state index in [0.717, 1.165) is 167 Å². The van der Waals surface area contributed by atoms with Crippen molar-refractivity contribution in [1.29, 1.82) is 0 Å². The summed E-state index contributed by atoms with van der Waals surface area (Å²) < 4.78 is 68.6. The largest absolute Gasteiger partial charge is 0.472 e. The molecule has 3 N–H and O–H groups in total. The van der Waals surface area contributed by atoms with Crippen molar-refractivity contribution in [3.8, 4) is 0 Å². The van der Waals surface area contributed by atoms with Crippen LogP contribution in [0.15, 0.2) is 146 Å². The molecule has 0 aromatic rings. The fraction of sp³-hybridized carbons (Fsp3) is 0.678. The molecule has 0 spiro atoms. The first-order chi connectivity index (χ1) is 51.7. The minimum absolute atomic E-state index is 0.0299. The summed E-state index contributed by atoms with van der Waals surface area (Å²) in [6.45, 7) is 4.53. The molecule has 19 heteroatoms. The zero-order valence-electron chi connectivity index (χ0n) is 66.3. The Labute approximate surface area is 643 Å². The molecule has 0 aromatic heterocycles. The summed E-state index contributed by atoms with van der Waals surface area (Å²) in [4.78, 5) is 73.1. The van der Waals surface area contributed by atoms with E-state index in [1.54, 1.807) is 0 Å². The number of phosphoric ester groups is 2. The molecule has 0 fully saturated rings. The summed E-state index contributed by atoms with van der Waals surface area (Å²) in [5.41, 5.74) is 0. The van der Waals surface area contributed by atoms with Gasteiger partial charge in [0.2, 0.25) is 0 Å². The van der Waals surface area contributed by atoms with Crippen LogP contribution in [0.5, 0.6) is 0 Å². The zero-order valence-corrected chi connectivity index (χ0v) is 68.1. The van der Waals surface area contributed by atoms with Crippen LogP contribution in [0.1, 0.15) is 323 Å². The van der Waals surface area contributed by atoms with E-state index in [4.69, 9.17) is 37.0 Å². The lowest BCUT2D eigenvalue weighted by Gasteiger charge is -2.21. The number of carbonyl (C=O) groups is 4. The van der Waals surface area contributed by atoms with E-state index in [-0.39, 0.29) is 25.7 Å². The Morgan fingerprint density at radius 2 is 0.509 bits per heavy atom. The lowest BCUT2D eigenvalue weighted by atomic mass is 10.0. The van der Waals surface area contributed by atoms with Gasteiger partial charge >= 0.3 is 39.5 Å². The quantitative estimate of drug-likeness (QED) is 0.0169. The van der Waals surface area contributed by atoms with E-state index in [2.05, 4.69) is 155 Å². The van der Waals surface area contributed by atoms with Crippen LogP contribution in [0, 0.1) is 0 Å². The van der Waals surface area contributed by atoms with E-state index in [1.165, 1.54) is 70.6 Å². The second-order valence-corrected chi connectivity index (χ2v) is 29.9. The summed E-state index contributed by atoms with van der Waals surface area (Å²) in [6, 6.07) is 0. The van der Waals surface area contributed by atoms with Crippen molar-refractivity contribution >= 4 is 39.5 Å². The van der Waals surface area contributed by atoms with Crippen molar-refractivity contribution in [2.75, 3.05) is 39.6 Å². The number of rotatable bonds is 76. The molecule has 5 atom stereocenters. The predicted molar refractivity (Wildman–Crippen MR) is 436 cm³/mol. The molecule has 606 valence electrons. The van der Waals surface area contributed by atoms with Crippen LogP contribution in [0.3, 0.4) is 0 Å². The van der Waals surface area contributed by atoms with Gasteiger partial charge in [0.25, 0.3) is 0 Å². The summed E-state index contributed by atoms with van der Waals surface area (Å²) in [6.07, 6.45) is 89.7. The van der Waals surface area contributed by atoms with Crippen molar-refractivity contribution in [3.05, 3.63) is 146 Å². The highest BCUT2D eigenvalue weighted by atomic mass is 31.2. The molecule has 0 radical (unpaired) electrons. The van der Waals surface area contributed by atoms with Crippen LogP contribution < -0.4 is 0 Å². The smallest absolute Gasteiger partial charge is 0.462 e. The van der Waals surface area contributed by atoms with Crippen LogP contribution in [-0.4, -0.2) is 96.7 Å². The second-order valence-electron chi connectivity index (χ2n) is 27.0. The van der Waals surface area contributed by atoms with Crippen molar-refractivity contribution in [2.24, 2.45) is 0 Å². The molecule has 0 aliphatic heterocycles. The summed E-state index contributed by atoms with van der Waals surface area (Å²) >= 11 is 0. The van der Waals surface area contributed by atoms with Crippen LogP contribution in [0.25, 0.3) is 0 Å². The van der Waals surface area contributed by atoms with Crippen LogP contribution in [-0.2, 0) is 65.4 Å². The van der Waals surface area contributed by atoms with Crippen LogP contribution in [0.2, 0.25) is 0 Å². The first-order valence-electron chi connectivity index (χ1n) is 41.1. The van der Waals surface area contributed by atoms with Crippen LogP contribution >= 0.6 is 15.6 Å². The minimum atomic E-state index is -5.00. The standard InChI is InChI=1S/C87H146O17P2/c1-5-9-13-17-21-25-29-33-36-38-40-42-45-48-51-55-59-63-67-71-84(89)97-77-82(103-86(91)73-69-65-61-57-53-47-32-28-24-20-16-12-8-4)79-101-105(93,94)99-75-81(88)76-100-106(95,96)102-80-83(104-87(92)74-70-66-62-58-54-50-44-35-31-27-23-19-15-11-7-3)78-98-85(90)72-68-64-60-56-52-49-46-43-41-39-37-34-30-26-22-18-14-10-6-2/h9-10,13-14,21-23,25-27,33-37,40-44,49,52,60,64,81-83,88H,5-8,11-12,15-20,24,28-32,38-39,45-48,50-51,53-59,61-63,65-80H2,1-4H3,(H,93,94)(H,95,96)/b13-9-,14-10-,25-21-,26-22-,27-23-,36-33-,37-34-,42-40-,43-41-,44-35-,52-49-,64-60-. The molecule has 17 nitrogen and oxygen atoms in total. The molecule has 0 aliphatic carbocycles. The maximum Gasteiger partial charge on any atom is 0.472 e. The number of aliphatic hydroxyl groups excluding tert-OH is 1. The third kappa shape index (κ3) is 77.1. The third-order valence-electron chi connectivity index (χ3n) is 16.8. The van der Waals surface area contributed by atoms with Crippen LogP contribution in [0.4, 0.5) is 0 Å². The Kier molecular flexibility index (Phi) is 74.3. The van der Waals surface area contributed by atoms with Gasteiger partial charge in [-0.1, -0.05) is 308 Å². The molecular weight excluding hydrogens is 1380 g/mol. The number of ether oxygens (including phenoxy) is 4. The fourth-order valence-corrected chi connectivity index (χ4v) is 12.2. The van der Waals surface area contributed by atoms with E-state index in [1.807, 2.05) is 18.2 Å². The molecule has 0 saturated heterocycles. The van der Waals surface area contributed by atoms with Gasteiger partial charge in [0.05, 0.1) is 26.4 Å². The lowest BCUT2D eigenvalue weighted by molar-refractivity contribution is -0.161. The normalized spacial score (nSPS) is 14.6. The zero-order chi connectivity index (χ0) is 77.4. The molecule has 0 bridgehead atoms. The minimum Gasteiger partial charge on any atom is -0.462 e. The highest BCUT2D eigenvalue weighted by molar-refractivity contribution is 7.47. The van der Waals surface area contributed by atoms with Gasteiger partial charge < -0.3 is 33.8 Å². The Morgan fingerprint density at radius 3 is 0.830 bits per heavy atom. The van der Waals surface area contributed by atoms with E-state index < -0.39 is 97.5 Å². The maximum atomic E-state index is 13.1. The predicted octanol–water partition coefficient (Wildman–Crippen LogP) is 24.2. The van der Waals surface area contributed by atoms with E-state index in [9.17, 15) is 43.2 Å². The molecule has 0 amide bonds. The molecule has 0 aromatic carbocycles. The Morgan fingerprint density at radius 1 is 0.274 bits per heavy atom. The summed E-state index contributed by atoms with van der Waals surface area (Å²) in [5, 5.41) is 10.7. The van der Waals surface area contributed by atoms with Crippen molar-refractivity contribution in [2.45, 2.75) is 341 Å². The van der Waals surface area contributed by atoms with Crippen molar-refractivity contribution < 1.29 is 80.2 Å². The van der Waals surface area contributed by atoms with Gasteiger partial charge in [-0.05, 0) is 135 Å². The van der Waals surface area contributed by atoms with Gasteiger partial charge in [-0.15, -0.1) is 0 Å². The van der Waals surface area contributed by atoms with Gasteiger partial charge in [0.1, 0.15) is 19.3 Å². The monoisotopic (exact) mass is 1530 g/mol. The number of hydrogen-bond acceptors (Lipinski definition) is 15. The SMILES string of the molecule is CC/C=C\C/C=C\C/C=C\C/C=C\C/C=C\C/C=C\CCC(=O)OCC(COP(=O)(O)OCC(O)COP(=O)(O)OCC(COC(=O)CCCCCCCC/C=C\C/C=C\C/C=C\C/C=C\CC)OC(=O)CCCCCCCCCCCCCCC)OC(=O)CCCCCCC/C=C\C/C=C\CCCCC. The van der Waals surface area contributed by atoms with Gasteiger partial charge in [-0.25, -0.2) is 9.13 Å². The van der Waals surface area contributed by atoms with Gasteiger partial charge in [0, 0.05) is 25.7 Å². The molecule has 0 saturated carbocycles. The molecule has 0 aliphatic rings. The molecule has 0 heterocycles. The third-order valence-corrected chi connectivity index (χ3v) is 18.7. The Bertz CT molecular complexity index is 2580. The molecule has 106 heavy (non-hydrogen) atoms. The van der Waals surface area contributed by atoms with Gasteiger partial charge in [0.15, 0.2) is 12.2 Å². The summed E-state index contributed by atoms with van der Waals surface area (Å²) in [7, 11) is -9.99. The fourth-order valence-electron chi connectivity index (χ4n) is 10.6. The first kappa shape index (κ1) is 101. The number of esters is 4. The number of aliphatic hydroxyl groups is 1. The highest BCUT2D eigenvalue weighted by Gasteiger charge is 2.30. The van der Waals surface area contributed by atoms with Gasteiger partial charge in [-0.3, -0.25) is 37.3 Å². The Hall–Kier alpha value is -5.06. The highest BCUT2D eigenvalue weighted by Crippen LogP contribution is 2.45. The lowest BCUT2D eigenvalue weighted by Crippen LogP contribution is -2.30. The second kappa shape index (κ2) is 78.1. The van der Waals surface area contributed by atoms with Crippen molar-refractivity contribution in [3.63, 3.8) is 0 Å². The number of carbonyl (C=O) groups excluding carboxylic acids is 4. The number of phosphoric acid groups is 2. The van der Waals surface area contributed by atoms with Gasteiger partial charge in [-0.2, -0.15) is 0 Å². The molecular formula is C87H146O17P2. The van der Waals surface area contributed by atoms with Crippen molar-refractivity contribution in [1.82, 2.24) is 0 Å². The molecule has 0 rings (SSSR count). The average Bonchev–Trinajstić information content (AvgIpc) is 0.933. The summed E-state index contributed by atoms with van der Waals surface area (Å²) in [5.74, 6) is -2.30. The average molecular weight is 1530 g/mol. The van der Waals surface area contributed by atoms with E-state index in [0.29, 0.717) is 32.1 Å². The Balaban J connectivity index is 5.43. The first-order valence-corrected chi connectivity index (χ1v) is 44.1.